The van der Waals surface area contributed by atoms with Crippen molar-refractivity contribution in [3.63, 3.8) is 0 Å². The highest BCUT2D eigenvalue weighted by atomic mass is 35.5. The molecular formula is C12H11ClN4O. The second-order valence-corrected chi connectivity index (χ2v) is 3.90. The van der Waals surface area contributed by atoms with Crippen LogP contribution >= 0.6 is 11.6 Å². The number of hydrogen-bond donors (Lipinski definition) is 3. The van der Waals surface area contributed by atoms with Crippen molar-refractivity contribution in [1.29, 1.82) is 0 Å². The van der Waals surface area contributed by atoms with Gasteiger partial charge in [0.25, 0.3) is 5.91 Å². The maximum atomic E-state index is 12.0. The predicted molar refractivity (Wildman–Crippen MR) is 71.5 cm³/mol. The summed E-state index contributed by atoms with van der Waals surface area (Å²) in [5.41, 5.74) is 3.16. The lowest BCUT2D eigenvalue weighted by atomic mass is 10.3. The number of aromatic nitrogens is 1. The van der Waals surface area contributed by atoms with E-state index in [1.807, 2.05) is 18.2 Å². The molecule has 0 fully saturated rings. The van der Waals surface area contributed by atoms with Gasteiger partial charge in [0.2, 0.25) is 0 Å². The number of carbonyl (C=O) groups is 1. The molecule has 0 unspecified atom stereocenters. The normalized spacial score (nSPS) is 9.89. The van der Waals surface area contributed by atoms with Crippen LogP contribution in [0.2, 0.25) is 5.02 Å². The highest BCUT2D eigenvalue weighted by Gasteiger charge is 2.13. The molecule has 0 atom stereocenters. The van der Waals surface area contributed by atoms with E-state index < -0.39 is 0 Å². The summed E-state index contributed by atoms with van der Waals surface area (Å²) in [6.07, 6.45) is 0. The molecule has 0 saturated heterocycles. The molecule has 0 aliphatic heterocycles. The van der Waals surface area contributed by atoms with E-state index in [-0.39, 0.29) is 16.6 Å². The number of hydrogen-bond acceptors (Lipinski definition) is 4. The minimum absolute atomic E-state index is 0.121. The van der Waals surface area contributed by atoms with E-state index in [9.17, 15) is 4.79 Å². The highest BCUT2D eigenvalue weighted by Crippen LogP contribution is 2.17. The van der Waals surface area contributed by atoms with Crippen LogP contribution in [0, 0.1) is 0 Å². The molecule has 1 aromatic heterocycles. The number of benzene rings is 1. The fourth-order valence-corrected chi connectivity index (χ4v) is 1.58. The molecule has 6 heteroatoms. The summed E-state index contributed by atoms with van der Waals surface area (Å²) in [6, 6.07) is 12.2. The summed E-state index contributed by atoms with van der Waals surface area (Å²) in [5.74, 6) is 5.22. The number of nitrogen functional groups attached to an aromatic ring is 1. The van der Waals surface area contributed by atoms with E-state index in [0.29, 0.717) is 11.5 Å². The summed E-state index contributed by atoms with van der Waals surface area (Å²) in [7, 11) is 0. The van der Waals surface area contributed by atoms with Crippen LogP contribution < -0.4 is 16.6 Å². The minimum atomic E-state index is -0.386. The van der Waals surface area contributed by atoms with Gasteiger partial charge in [-0.2, -0.15) is 0 Å². The number of amides is 1. The molecule has 2 rings (SSSR count). The fraction of sp³-hybridized carbons (Fsp3) is 0. The number of nitrogens with zero attached hydrogens (tertiary/aromatic N) is 1. The van der Waals surface area contributed by atoms with E-state index in [4.69, 9.17) is 17.4 Å². The van der Waals surface area contributed by atoms with Gasteiger partial charge in [-0.15, -0.1) is 0 Å². The Morgan fingerprint density at radius 1 is 1.17 bits per heavy atom. The molecule has 0 spiro atoms. The standard InChI is InChI=1S/C12H11ClN4O/c13-9-6-7-10(17-14)16-11(9)12(18)15-8-4-2-1-3-5-8/h1-7H,14H2,(H,15,18)(H,16,17). The minimum Gasteiger partial charge on any atom is -0.321 e. The Morgan fingerprint density at radius 2 is 1.89 bits per heavy atom. The smallest absolute Gasteiger partial charge is 0.275 e. The Labute approximate surface area is 109 Å². The van der Waals surface area contributed by atoms with Crippen molar-refractivity contribution in [2.45, 2.75) is 0 Å². The van der Waals surface area contributed by atoms with E-state index in [0.717, 1.165) is 0 Å². The largest absolute Gasteiger partial charge is 0.321 e. The average Bonchev–Trinajstić information content (AvgIpc) is 2.40. The van der Waals surface area contributed by atoms with Gasteiger partial charge in [0.1, 0.15) is 11.5 Å². The van der Waals surface area contributed by atoms with Crippen LogP contribution in [0.3, 0.4) is 0 Å². The third kappa shape index (κ3) is 2.77. The topological polar surface area (TPSA) is 80.0 Å². The maximum Gasteiger partial charge on any atom is 0.275 e. The van der Waals surface area contributed by atoms with Gasteiger partial charge < -0.3 is 10.7 Å². The summed E-state index contributed by atoms with van der Waals surface area (Å²) < 4.78 is 0. The monoisotopic (exact) mass is 262 g/mol. The number of nitrogens with one attached hydrogen (secondary N) is 2. The van der Waals surface area contributed by atoms with E-state index >= 15 is 0 Å². The number of pyridine rings is 1. The van der Waals surface area contributed by atoms with Gasteiger partial charge >= 0.3 is 0 Å². The predicted octanol–water partition coefficient (Wildman–Crippen LogP) is 2.27. The van der Waals surface area contributed by atoms with Gasteiger partial charge in [-0.3, -0.25) is 4.79 Å². The van der Waals surface area contributed by atoms with Crippen LogP contribution in [0.25, 0.3) is 0 Å². The van der Waals surface area contributed by atoms with Gasteiger partial charge in [0.15, 0.2) is 0 Å². The first-order valence-corrected chi connectivity index (χ1v) is 5.58. The average molecular weight is 263 g/mol. The van der Waals surface area contributed by atoms with Crippen LogP contribution in [0.1, 0.15) is 10.5 Å². The summed E-state index contributed by atoms with van der Waals surface area (Å²) in [4.78, 5) is 16.0. The van der Waals surface area contributed by atoms with E-state index in [2.05, 4.69) is 15.7 Å². The van der Waals surface area contributed by atoms with Crippen molar-refractivity contribution in [1.82, 2.24) is 4.98 Å². The van der Waals surface area contributed by atoms with Crippen LogP contribution in [-0.4, -0.2) is 10.9 Å². The second kappa shape index (κ2) is 5.48. The first-order chi connectivity index (χ1) is 8.70. The number of carbonyl (C=O) groups excluding carboxylic acids is 1. The van der Waals surface area contributed by atoms with Crippen molar-refractivity contribution in [2.24, 2.45) is 5.84 Å². The van der Waals surface area contributed by atoms with E-state index in [1.54, 1.807) is 24.3 Å². The number of nitrogens with two attached hydrogens (primary N) is 1. The van der Waals surface area contributed by atoms with Crippen LogP contribution in [0.15, 0.2) is 42.5 Å². The molecule has 1 amide bonds. The molecule has 0 bridgehead atoms. The van der Waals surface area contributed by atoms with Crippen molar-refractivity contribution in [2.75, 3.05) is 10.7 Å². The van der Waals surface area contributed by atoms with Crippen molar-refractivity contribution >= 4 is 29.0 Å². The molecular weight excluding hydrogens is 252 g/mol. The van der Waals surface area contributed by atoms with Gasteiger partial charge in [0, 0.05) is 5.69 Å². The molecule has 1 heterocycles. The highest BCUT2D eigenvalue weighted by molar-refractivity contribution is 6.34. The lowest BCUT2D eigenvalue weighted by Gasteiger charge is -2.07. The van der Waals surface area contributed by atoms with Crippen LogP contribution in [-0.2, 0) is 0 Å². The van der Waals surface area contributed by atoms with Crippen molar-refractivity contribution in [3.8, 4) is 0 Å². The summed E-state index contributed by atoms with van der Waals surface area (Å²) >= 11 is 5.92. The number of hydrazine groups is 1. The van der Waals surface area contributed by atoms with Crippen molar-refractivity contribution in [3.05, 3.63) is 53.2 Å². The molecule has 5 nitrogen and oxygen atoms in total. The Hall–Kier alpha value is -2.11. The van der Waals surface area contributed by atoms with Crippen LogP contribution in [0.5, 0.6) is 0 Å². The van der Waals surface area contributed by atoms with Gasteiger partial charge in [-0.05, 0) is 24.3 Å². The lowest BCUT2D eigenvalue weighted by Crippen LogP contribution is -2.16. The third-order valence-electron chi connectivity index (χ3n) is 2.24. The number of rotatable bonds is 3. The number of anilines is 2. The Morgan fingerprint density at radius 3 is 2.56 bits per heavy atom. The molecule has 4 N–H and O–H groups in total. The molecule has 0 aliphatic rings. The Bertz CT molecular complexity index is 559. The second-order valence-electron chi connectivity index (χ2n) is 3.49. The number of halogens is 1. The molecule has 2 aromatic rings. The molecule has 0 aliphatic carbocycles. The zero-order valence-corrected chi connectivity index (χ0v) is 10.1. The lowest BCUT2D eigenvalue weighted by molar-refractivity contribution is 0.102. The molecule has 1 aromatic carbocycles. The van der Waals surface area contributed by atoms with Gasteiger partial charge in [-0.1, -0.05) is 29.8 Å². The summed E-state index contributed by atoms with van der Waals surface area (Å²) in [5, 5.41) is 2.96. The fourth-order valence-electron chi connectivity index (χ4n) is 1.39. The number of para-hydroxylation sites is 1. The molecule has 18 heavy (non-hydrogen) atoms. The molecule has 0 saturated carbocycles. The van der Waals surface area contributed by atoms with Gasteiger partial charge in [-0.25, -0.2) is 10.8 Å². The SMILES string of the molecule is NNc1ccc(Cl)c(C(=O)Nc2ccccc2)n1. The van der Waals surface area contributed by atoms with Crippen molar-refractivity contribution < 1.29 is 4.79 Å². The Kier molecular flexibility index (Phi) is 3.76. The first-order valence-electron chi connectivity index (χ1n) is 5.20. The third-order valence-corrected chi connectivity index (χ3v) is 2.55. The van der Waals surface area contributed by atoms with E-state index in [1.165, 1.54) is 0 Å². The zero-order valence-electron chi connectivity index (χ0n) is 9.35. The summed E-state index contributed by atoms with van der Waals surface area (Å²) in [6.45, 7) is 0. The Balaban J connectivity index is 2.23. The molecule has 92 valence electrons. The maximum absolute atomic E-state index is 12.0. The zero-order chi connectivity index (χ0) is 13.0. The molecule has 0 radical (unpaired) electrons. The first kappa shape index (κ1) is 12.3. The quantitative estimate of drug-likeness (QED) is 0.586. The van der Waals surface area contributed by atoms with Gasteiger partial charge in [0.05, 0.1) is 5.02 Å². The van der Waals surface area contributed by atoms with Crippen LogP contribution in [0.4, 0.5) is 11.5 Å².